The molecular formula is C29H50ClLiNiO3P-. The zero-order valence-corrected chi connectivity index (χ0v) is 26.4. The molecule has 0 aliphatic heterocycles. The van der Waals surface area contributed by atoms with Gasteiger partial charge in [0.15, 0.2) is 0 Å². The molecule has 0 saturated heterocycles. The van der Waals surface area contributed by atoms with Gasteiger partial charge in [0.25, 0.3) is 0 Å². The maximum Gasteiger partial charge on any atom is 1.00 e. The van der Waals surface area contributed by atoms with E-state index in [-0.39, 0.29) is 72.9 Å². The summed E-state index contributed by atoms with van der Waals surface area (Å²) in [5.41, 5.74) is -0.654. The Morgan fingerprint density at radius 3 is 1.39 bits per heavy atom. The molecule has 2 unspecified atom stereocenters. The summed E-state index contributed by atoms with van der Waals surface area (Å²) in [7, 11) is 0.189. The maximum absolute atomic E-state index is 14.2. The molecule has 2 aromatic carbocycles. The molecule has 0 saturated carbocycles. The Morgan fingerprint density at radius 2 is 1.11 bits per heavy atom. The monoisotopic (exact) mass is 577 g/mol. The van der Waals surface area contributed by atoms with Crippen molar-refractivity contribution in [1.29, 1.82) is 0 Å². The first-order chi connectivity index (χ1) is 14.3. The van der Waals surface area contributed by atoms with Gasteiger partial charge in [-0.3, -0.25) is 0 Å². The van der Waals surface area contributed by atoms with E-state index in [2.05, 4.69) is 55.4 Å². The standard InChI is InChI=1S/C24H34O3P.C3H8.CH4.CH3.ClH.Li.Ni/c1-21(2,3)28(22(4,5)6)18-23(25,19-14-10-8-11-15-19)24(26,27-7)20-16-12-9-13-17-20;1-3-2;;;;;/h8-17,25H,18H2,1-7H3;3H2,1-2H3;1H4;1H3;1H;;/q-1;;;-1;;+1;. The van der Waals surface area contributed by atoms with Gasteiger partial charge in [-0.2, -0.15) is 0 Å². The van der Waals surface area contributed by atoms with Crippen molar-refractivity contribution in [3.8, 4) is 0 Å². The molecule has 36 heavy (non-hydrogen) atoms. The van der Waals surface area contributed by atoms with Crippen molar-refractivity contribution in [3.63, 3.8) is 0 Å². The molecule has 0 aliphatic rings. The smallest absolute Gasteiger partial charge is 1.00 e. The second kappa shape index (κ2) is 19.2. The fourth-order valence-electron chi connectivity index (χ4n) is 4.22. The summed E-state index contributed by atoms with van der Waals surface area (Å²) >= 11 is 0. The molecule has 208 valence electrons. The van der Waals surface area contributed by atoms with Gasteiger partial charge in [0.1, 0.15) is 5.60 Å². The zero-order valence-electron chi connectivity index (χ0n) is 23.6. The second-order valence-electron chi connectivity index (χ2n) is 10.3. The summed E-state index contributed by atoms with van der Waals surface area (Å²) in [6, 6.07) is 18.3. The minimum absolute atomic E-state index is 0. The number of hydrogen-bond acceptors (Lipinski definition) is 3. The van der Waals surface area contributed by atoms with Crippen LogP contribution >= 0.6 is 7.92 Å². The summed E-state index contributed by atoms with van der Waals surface area (Å²) in [4.78, 5) is 0. The molecule has 0 bridgehead atoms. The number of hydrogen-bond donors (Lipinski definition) is 1. The number of aliphatic hydroxyl groups is 1. The van der Waals surface area contributed by atoms with Gasteiger partial charge in [-0.15, -0.1) is 0 Å². The van der Waals surface area contributed by atoms with Crippen molar-refractivity contribution in [2.45, 2.75) is 90.9 Å². The Balaban J connectivity index is -0.000000381. The summed E-state index contributed by atoms with van der Waals surface area (Å²) in [6.07, 6.45) is 1.64. The van der Waals surface area contributed by atoms with E-state index in [0.717, 1.165) is 0 Å². The van der Waals surface area contributed by atoms with Crippen LogP contribution in [0.2, 0.25) is 0 Å². The third kappa shape index (κ3) is 11.5. The number of rotatable bonds is 6. The van der Waals surface area contributed by atoms with Crippen molar-refractivity contribution in [3.05, 3.63) is 79.2 Å². The van der Waals surface area contributed by atoms with Gasteiger partial charge in [0.2, 0.25) is 0 Å². The summed E-state index contributed by atoms with van der Waals surface area (Å²) in [6.45, 7) is 17.5. The molecule has 2 rings (SSSR count). The van der Waals surface area contributed by atoms with Crippen LogP contribution in [0.4, 0.5) is 0 Å². The first-order valence-electron chi connectivity index (χ1n) is 11.2. The molecule has 0 amide bonds. The topological polar surface area (TPSA) is 52.5 Å². The van der Waals surface area contributed by atoms with Crippen LogP contribution in [-0.4, -0.2) is 28.7 Å². The third-order valence-corrected chi connectivity index (χ3v) is 9.97. The van der Waals surface area contributed by atoms with Crippen LogP contribution in [0.15, 0.2) is 60.7 Å². The van der Waals surface area contributed by atoms with Crippen LogP contribution in [0.1, 0.15) is 80.4 Å². The van der Waals surface area contributed by atoms with Crippen molar-refractivity contribution in [2.24, 2.45) is 0 Å². The number of halogens is 1. The number of benzene rings is 2. The van der Waals surface area contributed by atoms with Gasteiger partial charge < -0.3 is 34.8 Å². The summed E-state index contributed by atoms with van der Waals surface area (Å²) < 4.78 is 5.58. The summed E-state index contributed by atoms with van der Waals surface area (Å²) in [5, 5.41) is 26.4. The van der Waals surface area contributed by atoms with Gasteiger partial charge >= 0.3 is 18.9 Å². The molecule has 0 aliphatic carbocycles. The molecule has 2 atom stereocenters. The van der Waals surface area contributed by atoms with E-state index in [1.807, 2.05) is 48.5 Å². The zero-order chi connectivity index (χ0) is 23.9. The van der Waals surface area contributed by atoms with E-state index in [1.54, 1.807) is 12.1 Å². The molecule has 0 aromatic heterocycles. The van der Waals surface area contributed by atoms with E-state index >= 15 is 0 Å². The first-order valence-corrected chi connectivity index (χ1v) is 12.9. The quantitative estimate of drug-likeness (QED) is 0.242. The second-order valence-corrected chi connectivity index (χ2v) is 14.6. The molecule has 0 spiro atoms. The molecular weight excluding hydrogens is 528 g/mol. The van der Waals surface area contributed by atoms with Gasteiger partial charge in [-0.1, -0.05) is 88.4 Å². The third-order valence-electron chi connectivity index (χ3n) is 5.48. The minimum atomic E-state index is -2.11. The molecule has 3 nitrogen and oxygen atoms in total. The SMILES string of the molecule is C.CCC.COC([O-])(c1ccccc1)C(O)(C[PH+](C(C)(C)C)C(C)(C)C)c1ccccc1.[CH3-].[Cl-].[Li+].[Ni]. The Kier molecular flexibility index (Phi) is 24.6. The van der Waals surface area contributed by atoms with E-state index in [9.17, 15) is 10.2 Å². The van der Waals surface area contributed by atoms with E-state index < -0.39 is 19.3 Å². The van der Waals surface area contributed by atoms with Crippen LogP contribution in [-0.2, 0) is 32.6 Å². The van der Waals surface area contributed by atoms with Crippen LogP contribution in [0.3, 0.4) is 0 Å². The van der Waals surface area contributed by atoms with Crippen molar-refractivity contribution < 1.29 is 62.7 Å². The van der Waals surface area contributed by atoms with Crippen LogP contribution in [0.5, 0.6) is 0 Å². The first kappa shape index (κ1) is 46.0. The largest absolute Gasteiger partial charge is 1.00 e. The Hall–Kier alpha value is 0.131. The summed E-state index contributed by atoms with van der Waals surface area (Å²) in [5.74, 6) is -2.11. The van der Waals surface area contributed by atoms with E-state index in [4.69, 9.17) is 4.74 Å². The maximum atomic E-state index is 14.2. The predicted molar refractivity (Wildman–Crippen MR) is 147 cm³/mol. The van der Waals surface area contributed by atoms with Crippen LogP contribution < -0.4 is 36.4 Å². The van der Waals surface area contributed by atoms with E-state index in [1.165, 1.54) is 13.5 Å². The molecule has 1 N–H and O–H groups in total. The van der Waals surface area contributed by atoms with Crippen molar-refractivity contribution in [1.82, 2.24) is 0 Å². The number of ether oxygens (including phenoxy) is 1. The minimum Gasteiger partial charge on any atom is -1.00 e. The van der Waals surface area contributed by atoms with Crippen molar-refractivity contribution >= 4 is 7.92 Å². The van der Waals surface area contributed by atoms with Gasteiger partial charge in [0.05, 0.1) is 22.3 Å². The average molecular weight is 579 g/mol. The normalized spacial score (nSPS) is 13.9. The van der Waals surface area contributed by atoms with Gasteiger partial charge in [-0.05, 0) is 52.7 Å². The fraction of sp³-hybridized carbons (Fsp3) is 0.552. The molecule has 7 heteroatoms. The van der Waals surface area contributed by atoms with Gasteiger partial charge in [-0.25, -0.2) is 0 Å². The predicted octanol–water partition coefficient (Wildman–Crippen LogP) is 1.05. The average Bonchev–Trinajstić information content (AvgIpc) is 2.71. The Labute approximate surface area is 252 Å². The Morgan fingerprint density at radius 1 is 0.806 bits per heavy atom. The molecule has 0 fully saturated rings. The molecule has 0 heterocycles. The molecule has 0 radical (unpaired) electrons. The number of methoxy groups -OCH3 is 1. The fourth-order valence-corrected chi connectivity index (χ4v) is 8.48. The van der Waals surface area contributed by atoms with Crippen molar-refractivity contribution in [2.75, 3.05) is 13.3 Å². The van der Waals surface area contributed by atoms with Crippen LogP contribution in [0.25, 0.3) is 0 Å². The van der Waals surface area contributed by atoms with E-state index in [0.29, 0.717) is 17.3 Å². The van der Waals surface area contributed by atoms with Crippen LogP contribution in [0, 0.1) is 7.43 Å². The molecule has 2 aromatic rings. The Bertz CT molecular complexity index is 771. The van der Waals surface area contributed by atoms with Gasteiger partial charge in [0, 0.05) is 31.5 Å².